The van der Waals surface area contributed by atoms with E-state index in [1.54, 1.807) is 0 Å². The van der Waals surface area contributed by atoms with E-state index < -0.39 is 0 Å². The van der Waals surface area contributed by atoms with Crippen LogP contribution in [-0.2, 0) is 13.0 Å². The summed E-state index contributed by atoms with van der Waals surface area (Å²) in [6, 6.07) is 9.31. The molecule has 0 unspecified atom stereocenters. The normalized spacial score (nSPS) is 11.9. The first-order valence-corrected chi connectivity index (χ1v) is 7.38. The van der Waals surface area contributed by atoms with Gasteiger partial charge < -0.3 is 9.88 Å². The van der Waals surface area contributed by atoms with Crippen LogP contribution < -0.4 is 5.32 Å². The number of nitrogens with one attached hydrogen (secondary N) is 1. The zero-order chi connectivity index (χ0) is 13.8. The van der Waals surface area contributed by atoms with Crippen LogP contribution in [0.15, 0.2) is 30.5 Å². The molecule has 0 radical (unpaired) electrons. The van der Waals surface area contributed by atoms with Crippen LogP contribution >= 0.6 is 0 Å². The van der Waals surface area contributed by atoms with Gasteiger partial charge in [0.1, 0.15) is 0 Å². The average Bonchev–Trinajstić information content (AvgIpc) is 2.67. The monoisotopic (exact) mass is 258 g/mol. The van der Waals surface area contributed by atoms with E-state index in [2.05, 4.69) is 68.0 Å². The average molecular weight is 258 g/mol. The van der Waals surface area contributed by atoms with Crippen LogP contribution in [-0.4, -0.2) is 17.2 Å². The van der Waals surface area contributed by atoms with Gasteiger partial charge in [0, 0.05) is 29.7 Å². The van der Waals surface area contributed by atoms with Crippen LogP contribution in [0.25, 0.3) is 10.9 Å². The van der Waals surface area contributed by atoms with E-state index in [-0.39, 0.29) is 0 Å². The third-order valence-electron chi connectivity index (χ3n) is 3.38. The van der Waals surface area contributed by atoms with Gasteiger partial charge in [0.15, 0.2) is 0 Å². The Balaban J connectivity index is 2.23. The molecular formula is C17H26N2. The van der Waals surface area contributed by atoms with Gasteiger partial charge in [-0.1, -0.05) is 45.9 Å². The van der Waals surface area contributed by atoms with Crippen molar-refractivity contribution in [1.82, 2.24) is 9.88 Å². The van der Waals surface area contributed by atoms with Crippen molar-refractivity contribution in [2.45, 2.75) is 46.7 Å². The summed E-state index contributed by atoms with van der Waals surface area (Å²) in [5.74, 6) is 0.678. The van der Waals surface area contributed by atoms with E-state index in [0.717, 1.165) is 19.5 Å². The Morgan fingerprint density at radius 3 is 2.53 bits per heavy atom. The fourth-order valence-corrected chi connectivity index (χ4v) is 2.56. The molecule has 1 aromatic carbocycles. The molecule has 0 amide bonds. The predicted octanol–water partition coefficient (Wildman–Crippen LogP) is 3.84. The minimum atomic E-state index is 0.559. The fraction of sp³-hybridized carbons (Fsp3) is 0.529. The molecule has 2 aromatic rings. The Kier molecular flexibility index (Phi) is 4.65. The molecule has 0 fully saturated rings. The summed E-state index contributed by atoms with van der Waals surface area (Å²) in [6.07, 6.45) is 3.44. The number of hydrogen-bond donors (Lipinski definition) is 1. The van der Waals surface area contributed by atoms with Gasteiger partial charge in [-0.05, 0) is 30.5 Å². The molecule has 1 N–H and O–H groups in total. The Labute approximate surface area is 116 Å². The van der Waals surface area contributed by atoms with Crippen molar-refractivity contribution in [1.29, 1.82) is 0 Å². The van der Waals surface area contributed by atoms with Gasteiger partial charge in [-0.3, -0.25) is 0 Å². The number of rotatable bonds is 6. The second kappa shape index (κ2) is 6.25. The summed E-state index contributed by atoms with van der Waals surface area (Å²) >= 11 is 0. The smallest absolute Gasteiger partial charge is 0.0483 e. The van der Waals surface area contributed by atoms with Gasteiger partial charge in [-0.25, -0.2) is 0 Å². The van der Waals surface area contributed by atoms with Crippen molar-refractivity contribution < 1.29 is 0 Å². The highest BCUT2D eigenvalue weighted by molar-refractivity contribution is 5.84. The minimum Gasteiger partial charge on any atom is -0.347 e. The number of nitrogens with zero attached hydrogens (tertiary/aromatic N) is 1. The SMILES string of the molecule is CC(C)Cn1cc(CCNC(C)C)c2ccccc21. The second-order valence-corrected chi connectivity index (χ2v) is 6.08. The lowest BCUT2D eigenvalue weighted by Gasteiger charge is -2.08. The molecule has 0 aliphatic carbocycles. The van der Waals surface area contributed by atoms with Crippen molar-refractivity contribution in [2.75, 3.05) is 6.54 Å². The number of aromatic nitrogens is 1. The fourth-order valence-electron chi connectivity index (χ4n) is 2.56. The molecule has 0 spiro atoms. The molecule has 104 valence electrons. The molecule has 2 heteroatoms. The maximum Gasteiger partial charge on any atom is 0.0483 e. The molecule has 0 atom stereocenters. The van der Waals surface area contributed by atoms with Crippen LogP contribution in [0.4, 0.5) is 0 Å². The third-order valence-corrected chi connectivity index (χ3v) is 3.38. The van der Waals surface area contributed by atoms with E-state index in [9.17, 15) is 0 Å². The van der Waals surface area contributed by atoms with E-state index in [0.29, 0.717) is 12.0 Å². The summed E-state index contributed by atoms with van der Waals surface area (Å²) in [5.41, 5.74) is 2.83. The first kappa shape index (κ1) is 14.1. The van der Waals surface area contributed by atoms with Crippen molar-refractivity contribution in [3.8, 4) is 0 Å². The van der Waals surface area contributed by atoms with E-state index >= 15 is 0 Å². The first-order chi connectivity index (χ1) is 9.08. The Bertz CT molecular complexity index is 523. The first-order valence-electron chi connectivity index (χ1n) is 7.38. The Morgan fingerprint density at radius 2 is 1.84 bits per heavy atom. The molecule has 0 aliphatic rings. The van der Waals surface area contributed by atoms with Crippen LogP contribution in [0.1, 0.15) is 33.3 Å². The molecular weight excluding hydrogens is 232 g/mol. The lowest BCUT2D eigenvalue weighted by molar-refractivity contribution is 0.533. The predicted molar refractivity (Wildman–Crippen MR) is 83.6 cm³/mol. The zero-order valence-corrected chi connectivity index (χ0v) is 12.6. The lowest BCUT2D eigenvalue weighted by atomic mass is 10.1. The van der Waals surface area contributed by atoms with Crippen LogP contribution in [0.3, 0.4) is 0 Å². The Hall–Kier alpha value is -1.28. The summed E-state index contributed by atoms with van der Waals surface area (Å²) in [7, 11) is 0. The van der Waals surface area contributed by atoms with Crippen LogP contribution in [0.5, 0.6) is 0 Å². The molecule has 1 aromatic heterocycles. The number of hydrogen-bond acceptors (Lipinski definition) is 1. The van der Waals surface area contributed by atoms with Gasteiger partial charge in [0.25, 0.3) is 0 Å². The highest BCUT2D eigenvalue weighted by Gasteiger charge is 2.08. The van der Waals surface area contributed by atoms with E-state index in [4.69, 9.17) is 0 Å². The lowest BCUT2D eigenvalue weighted by Crippen LogP contribution is -2.24. The van der Waals surface area contributed by atoms with Gasteiger partial charge in [0.2, 0.25) is 0 Å². The van der Waals surface area contributed by atoms with Gasteiger partial charge >= 0.3 is 0 Å². The second-order valence-electron chi connectivity index (χ2n) is 6.08. The van der Waals surface area contributed by atoms with Gasteiger partial charge in [-0.15, -0.1) is 0 Å². The maximum absolute atomic E-state index is 3.50. The van der Waals surface area contributed by atoms with Crippen LogP contribution in [0.2, 0.25) is 0 Å². The van der Waals surface area contributed by atoms with Gasteiger partial charge in [0.05, 0.1) is 0 Å². The standard InChI is InChI=1S/C17H26N2/c1-13(2)11-19-12-15(9-10-18-14(3)4)16-7-5-6-8-17(16)19/h5-8,12-14,18H,9-11H2,1-4H3. The maximum atomic E-state index is 3.50. The van der Waals surface area contributed by atoms with Crippen molar-refractivity contribution in [2.24, 2.45) is 5.92 Å². The highest BCUT2D eigenvalue weighted by atomic mass is 15.0. The number of para-hydroxylation sites is 1. The molecule has 0 aliphatic heterocycles. The molecule has 1 heterocycles. The highest BCUT2D eigenvalue weighted by Crippen LogP contribution is 2.22. The molecule has 2 nitrogen and oxygen atoms in total. The quantitative estimate of drug-likeness (QED) is 0.833. The van der Waals surface area contributed by atoms with E-state index in [1.165, 1.54) is 16.5 Å². The summed E-state index contributed by atoms with van der Waals surface area (Å²) in [6.45, 7) is 11.1. The van der Waals surface area contributed by atoms with Crippen molar-refractivity contribution in [3.05, 3.63) is 36.0 Å². The van der Waals surface area contributed by atoms with Crippen molar-refractivity contribution in [3.63, 3.8) is 0 Å². The van der Waals surface area contributed by atoms with Crippen LogP contribution in [0, 0.1) is 5.92 Å². The molecule has 2 rings (SSSR count). The molecule has 0 saturated heterocycles. The summed E-state index contributed by atoms with van der Waals surface area (Å²) in [5, 5.41) is 4.91. The summed E-state index contributed by atoms with van der Waals surface area (Å²) in [4.78, 5) is 0. The number of fused-ring (bicyclic) bond motifs is 1. The number of benzene rings is 1. The third kappa shape index (κ3) is 3.60. The van der Waals surface area contributed by atoms with Gasteiger partial charge in [-0.2, -0.15) is 0 Å². The molecule has 0 bridgehead atoms. The zero-order valence-electron chi connectivity index (χ0n) is 12.6. The molecule has 0 saturated carbocycles. The summed E-state index contributed by atoms with van der Waals surface area (Å²) < 4.78 is 2.41. The molecule has 19 heavy (non-hydrogen) atoms. The topological polar surface area (TPSA) is 17.0 Å². The largest absolute Gasteiger partial charge is 0.347 e. The van der Waals surface area contributed by atoms with E-state index in [1.807, 2.05) is 0 Å². The minimum absolute atomic E-state index is 0.559. The Morgan fingerprint density at radius 1 is 1.11 bits per heavy atom. The van der Waals surface area contributed by atoms with Crippen molar-refractivity contribution >= 4 is 10.9 Å².